The number of benzene rings is 1. The molecule has 1 aromatic carbocycles. The maximum atomic E-state index is 11.0. The second-order valence-corrected chi connectivity index (χ2v) is 8.34. The van der Waals surface area contributed by atoms with Gasteiger partial charge in [0.1, 0.15) is 0 Å². The molecule has 0 unspecified atom stereocenters. The maximum absolute atomic E-state index is 11.0. The molecule has 3 N–H and O–H groups in total. The fourth-order valence-electron chi connectivity index (χ4n) is 4.25. The summed E-state index contributed by atoms with van der Waals surface area (Å²) in [5, 5.41) is 9.54. The molecule has 4 rings (SSSR count). The molecule has 1 fully saturated rings. The van der Waals surface area contributed by atoms with Crippen molar-refractivity contribution in [3.8, 4) is 11.3 Å². The van der Waals surface area contributed by atoms with Gasteiger partial charge in [0.05, 0.1) is 16.7 Å². The normalized spacial score (nSPS) is 19.5. The highest BCUT2D eigenvalue weighted by Gasteiger charge is 2.22. The number of amidine groups is 1. The highest BCUT2D eigenvalue weighted by atomic mass is 35.5. The summed E-state index contributed by atoms with van der Waals surface area (Å²) in [7, 11) is 0. The van der Waals surface area contributed by atoms with Gasteiger partial charge in [-0.05, 0) is 55.7 Å². The highest BCUT2D eigenvalue weighted by Crippen LogP contribution is 2.33. The molecule has 2 heterocycles. The number of rotatable bonds is 5. The topological polar surface area (TPSA) is 106 Å². The minimum absolute atomic E-state index is 0.0779. The Hall–Kier alpha value is -3.19. The van der Waals surface area contributed by atoms with Gasteiger partial charge in [0, 0.05) is 23.3 Å². The summed E-state index contributed by atoms with van der Waals surface area (Å²) in [6.45, 7) is 4.79. The number of fused-ring (bicyclic) bond motifs is 1. The van der Waals surface area contributed by atoms with Crippen molar-refractivity contribution in [1.82, 2.24) is 14.5 Å². The second kappa shape index (κ2) is 8.89. The first kappa shape index (κ1) is 21.1. The van der Waals surface area contributed by atoms with Crippen molar-refractivity contribution in [2.45, 2.75) is 32.2 Å². The zero-order valence-electron chi connectivity index (χ0n) is 17.0. The van der Waals surface area contributed by atoms with Gasteiger partial charge in [0.2, 0.25) is 0 Å². The molecule has 0 radical (unpaired) electrons. The predicted octanol–water partition coefficient (Wildman–Crippen LogP) is 5.13. The summed E-state index contributed by atoms with van der Waals surface area (Å²) >= 11 is 6.23. The van der Waals surface area contributed by atoms with Gasteiger partial charge in [-0.3, -0.25) is 0 Å². The standard InChI is InChI=1S/C23H24ClN5O2/c1-2-14-6-8-15(9-7-14)13-29-11-10-18-20(29)19(16-4-3-5-17(24)12-16)27-22(26-18)21(25)28-23(30)31/h2-5,10-12,14-15H,1,6-9,13H2,(H2,25,28)(H,30,31). The number of aromatic nitrogens is 3. The summed E-state index contributed by atoms with van der Waals surface area (Å²) in [4.78, 5) is 23.4. The molecule has 1 saturated carbocycles. The molecule has 8 heteroatoms. The van der Waals surface area contributed by atoms with Gasteiger partial charge in [-0.25, -0.2) is 14.8 Å². The molecular formula is C23H24ClN5O2. The lowest BCUT2D eigenvalue weighted by molar-refractivity contribution is 0.205. The van der Waals surface area contributed by atoms with Crippen LogP contribution in [0.25, 0.3) is 22.3 Å². The summed E-state index contributed by atoms with van der Waals surface area (Å²) in [5.74, 6) is 1.02. The van der Waals surface area contributed by atoms with Crippen LogP contribution in [0.15, 0.2) is 54.2 Å². The highest BCUT2D eigenvalue weighted by molar-refractivity contribution is 6.30. The van der Waals surface area contributed by atoms with E-state index in [2.05, 4.69) is 32.2 Å². The van der Waals surface area contributed by atoms with Gasteiger partial charge < -0.3 is 15.4 Å². The third-order valence-corrected chi connectivity index (χ3v) is 6.07. The quantitative estimate of drug-likeness (QED) is 0.327. The lowest BCUT2D eigenvalue weighted by atomic mass is 9.82. The second-order valence-electron chi connectivity index (χ2n) is 7.90. The van der Waals surface area contributed by atoms with Gasteiger partial charge in [0.25, 0.3) is 0 Å². The molecule has 0 atom stereocenters. The van der Waals surface area contributed by atoms with Crippen molar-refractivity contribution in [2.75, 3.05) is 0 Å². The number of nitrogens with zero attached hydrogens (tertiary/aromatic N) is 4. The molecule has 1 amide bonds. The zero-order valence-corrected chi connectivity index (χ0v) is 17.8. The van der Waals surface area contributed by atoms with Crippen molar-refractivity contribution >= 4 is 34.6 Å². The maximum Gasteiger partial charge on any atom is 0.433 e. The SMILES string of the molecule is C=CC1CCC(Cn2ccc3nc(C(N)=NC(=O)O)nc(-c4cccc(Cl)c4)c32)CC1. The average Bonchev–Trinajstić information content (AvgIpc) is 3.16. The molecule has 2 aromatic heterocycles. The Labute approximate surface area is 185 Å². The van der Waals surface area contributed by atoms with Gasteiger partial charge in [-0.2, -0.15) is 4.99 Å². The molecule has 1 aliphatic carbocycles. The van der Waals surface area contributed by atoms with E-state index < -0.39 is 6.09 Å². The minimum atomic E-state index is -1.39. The van der Waals surface area contributed by atoms with Crippen LogP contribution in [0.2, 0.25) is 5.02 Å². The van der Waals surface area contributed by atoms with E-state index in [1.165, 1.54) is 0 Å². The monoisotopic (exact) mass is 437 g/mol. The van der Waals surface area contributed by atoms with Crippen LogP contribution in [0.3, 0.4) is 0 Å². The number of nitrogens with two attached hydrogens (primary N) is 1. The van der Waals surface area contributed by atoms with Crippen molar-refractivity contribution in [2.24, 2.45) is 22.6 Å². The van der Waals surface area contributed by atoms with E-state index in [1.54, 1.807) is 6.07 Å². The fourth-order valence-corrected chi connectivity index (χ4v) is 4.44. The molecule has 0 saturated heterocycles. The molecule has 1 aliphatic rings. The lowest BCUT2D eigenvalue weighted by Crippen LogP contribution is -2.20. The van der Waals surface area contributed by atoms with Crippen LogP contribution >= 0.6 is 11.6 Å². The van der Waals surface area contributed by atoms with Gasteiger partial charge in [-0.1, -0.05) is 29.8 Å². The third kappa shape index (κ3) is 4.61. The molecule has 0 bridgehead atoms. The van der Waals surface area contributed by atoms with E-state index in [4.69, 9.17) is 22.4 Å². The van der Waals surface area contributed by atoms with Gasteiger partial charge in [0.15, 0.2) is 11.7 Å². The van der Waals surface area contributed by atoms with E-state index in [1.807, 2.05) is 30.5 Å². The summed E-state index contributed by atoms with van der Waals surface area (Å²) in [5.41, 5.74) is 8.86. The number of amides is 1. The van der Waals surface area contributed by atoms with Crippen LogP contribution in [-0.4, -0.2) is 31.6 Å². The molecule has 0 spiro atoms. The third-order valence-electron chi connectivity index (χ3n) is 5.83. The Kier molecular flexibility index (Phi) is 6.04. The van der Waals surface area contributed by atoms with Crippen LogP contribution < -0.4 is 5.73 Å². The number of hydrogen-bond donors (Lipinski definition) is 2. The van der Waals surface area contributed by atoms with Crippen LogP contribution in [0, 0.1) is 11.8 Å². The predicted molar refractivity (Wildman–Crippen MR) is 122 cm³/mol. The largest absolute Gasteiger partial charge is 0.463 e. The van der Waals surface area contributed by atoms with Crippen LogP contribution in [0.1, 0.15) is 31.5 Å². The molecule has 3 aromatic rings. The average molecular weight is 438 g/mol. The van der Waals surface area contributed by atoms with Crippen LogP contribution in [0.4, 0.5) is 4.79 Å². The zero-order chi connectivity index (χ0) is 22.0. The molecular weight excluding hydrogens is 414 g/mol. The van der Waals surface area contributed by atoms with Crippen molar-refractivity contribution in [3.05, 3.63) is 60.0 Å². The van der Waals surface area contributed by atoms with Crippen molar-refractivity contribution in [3.63, 3.8) is 0 Å². The Morgan fingerprint density at radius 1 is 1.29 bits per heavy atom. The lowest BCUT2D eigenvalue weighted by Gasteiger charge is -2.27. The van der Waals surface area contributed by atoms with Crippen molar-refractivity contribution < 1.29 is 9.90 Å². The molecule has 31 heavy (non-hydrogen) atoms. The Balaban J connectivity index is 1.79. The number of halogens is 1. The first-order valence-electron chi connectivity index (χ1n) is 10.3. The molecule has 0 aliphatic heterocycles. The van der Waals surface area contributed by atoms with Crippen molar-refractivity contribution in [1.29, 1.82) is 0 Å². The van der Waals surface area contributed by atoms with Crippen LogP contribution in [0.5, 0.6) is 0 Å². The molecule has 160 valence electrons. The smallest absolute Gasteiger partial charge is 0.433 e. The Morgan fingerprint density at radius 3 is 2.74 bits per heavy atom. The van der Waals surface area contributed by atoms with E-state index in [0.29, 0.717) is 28.1 Å². The fraction of sp³-hybridized carbons (Fsp3) is 0.304. The van der Waals surface area contributed by atoms with Gasteiger partial charge >= 0.3 is 6.09 Å². The summed E-state index contributed by atoms with van der Waals surface area (Å²) in [6, 6.07) is 9.28. The van der Waals surface area contributed by atoms with E-state index in [-0.39, 0.29) is 11.7 Å². The number of hydrogen-bond acceptors (Lipinski definition) is 3. The Bertz CT molecular complexity index is 1160. The number of carboxylic acid groups (broad SMARTS) is 1. The molecule has 7 nitrogen and oxygen atoms in total. The summed E-state index contributed by atoms with van der Waals surface area (Å²) < 4.78 is 2.18. The Morgan fingerprint density at radius 2 is 2.06 bits per heavy atom. The first-order chi connectivity index (χ1) is 14.9. The number of carbonyl (C=O) groups is 1. The summed E-state index contributed by atoms with van der Waals surface area (Å²) in [6.07, 6.45) is 7.31. The number of allylic oxidation sites excluding steroid dienone is 1. The van der Waals surface area contributed by atoms with E-state index in [9.17, 15) is 4.79 Å². The number of aliphatic imine (C=N–C) groups is 1. The van der Waals surface area contributed by atoms with Crippen LogP contribution in [-0.2, 0) is 6.54 Å². The van der Waals surface area contributed by atoms with E-state index in [0.717, 1.165) is 43.3 Å². The minimum Gasteiger partial charge on any atom is -0.463 e. The first-order valence-corrected chi connectivity index (χ1v) is 10.6. The van der Waals surface area contributed by atoms with E-state index >= 15 is 0 Å². The van der Waals surface area contributed by atoms with Gasteiger partial charge in [-0.15, -0.1) is 6.58 Å².